The van der Waals surface area contributed by atoms with Crippen LogP contribution in [0.25, 0.3) is 0 Å². The Morgan fingerprint density at radius 1 is 1.31 bits per heavy atom. The maximum Gasteiger partial charge on any atom is 0.257 e. The summed E-state index contributed by atoms with van der Waals surface area (Å²) in [7, 11) is 1.89. The summed E-state index contributed by atoms with van der Waals surface area (Å²) in [5.74, 6) is -0.142. The summed E-state index contributed by atoms with van der Waals surface area (Å²) >= 11 is 5.77. The molecule has 0 bridgehead atoms. The average Bonchev–Trinajstić information content (AvgIpc) is 2.96. The molecule has 1 N–H and O–H groups in total. The van der Waals surface area contributed by atoms with Crippen LogP contribution in [0, 0.1) is 5.82 Å². The number of nitrogens with zero attached hydrogens (tertiary/aromatic N) is 4. The van der Waals surface area contributed by atoms with Crippen LogP contribution in [0.5, 0.6) is 0 Å². The molecule has 0 saturated heterocycles. The van der Waals surface area contributed by atoms with Gasteiger partial charge in [-0.15, -0.1) is 5.12 Å². The van der Waals surface area contributed by atoms with Crippen molar-refractivity contribution in [3.63, 3.8) is 0 Å². The maximum atomic E-state index is 14.1. The summed E-state index contributed by atoms with van der Waals surface area (Å²) in [6.45, 7) is 0.877. The number of rotatable bonds is 2. The summed E-state index contributed by atoms with van der Waals surface area (Å²) in [5, 5.41) is 4.09. The highest BCUT2D eigenvalue weighted by Crippen LogP contribution is 2.30. The molecule has 0 aliphatic carbocycles. The van der Waals surface area contributed by atoms with E-state index < -0.39 is 5.82 Å². The number of anilines is 1. The largest absolute Gasteiger partial charge is 0.332 e. The van der Waals surface area contributed by atoms with Crippen molar-refractivity contribution in [3.8, 4) is 0 Å². The van der Waals surface area contributed by atoms with Crippen LogP contribution in [-0.4, -0.2) is 41.0 Å². The molecule has 1 amide bonds. The summed E-state index contributed by atoms with van der Waals surface area (Å²) < 4.78 is 14.1. The zero-order valence-corrected chi connectivity index (χ0v) is 14.9. The Balaban J connectivity index is 1.57. The molecule has 134 valence electrons. The van der Waals surface area contributed by atoms with Gasteiger partial charge in [0.2, 0.25) is 0 Å². The predicted molar refractivity (Wildman–Crippen MR) is 96.6 cm³/mol. The SMILES string of the molecule is CN1NC2=C(CCN(C(=O)c3ccc(Cl)cc3F)C2)N1c1ccccn1. The number of hydrogen-bond acceptors (Lipinski definition) is 5. The fourth-order valence-electron chi connectivity index (χ4n) is 3.29. The molecule has 2 aliphatic rings. The van der Waals surface area contributed by atoms with Gasteiger partial charge in [-0.1, -0.05) is 17.7 Å². The van der Waals surface area contributed by atoms with E-state index in [-0.39, 0.29) is 16.5 Å². The Morgan fingerprint density at radius 3 is 2.88 bits per heavy atom. The molecule has 0 atom stereocenters. The van der Waals surface area contributed by atoms with Crippen molar-refractivity contribution >= 4 is 23.3 Å². The third kappa shape index (κ3) is 2.89. The maximum absolute atomic E-state index is 14.1. The first kappa shape index (κ1) is 16.8. The third-order valence-electron chi connectivity index (χ3n) is 4.48. The Hall–Kier alpha value is -2.64. The van der Waals surface area contributed by atoms with Crippen LogP contribution in [-0.2, 0) is 0 Å². The smallest absolute Gasteiger partial charge is 0.257 e. The van der Waals surface area contributed by atoms with E-state index >= 15 is 0 Å². The summed E-state index contributed by atoms with van der Waals surface area (Å²) in [6, 6.07) is 9.83. The first-order valence-electron chi connectivity index (χ1n) is 8.22. The van der Waals surface area contributed by atoms with E-state index in [1.165, 1.54) is 12.1 Å². The van der Waals surface area contributed by atoms with Gasteiger partial charge in [-0.05, 0) is 30.3 Å². The summed E-state index contributed by atoms with van der Waals surface area (Å²) in [6.07, 6.45) is 2.38. The van der Waals surface area contributed by atoms with E-state index in [9.17, 15) is 9.18 Å². The Kier molecular flexibility index (Phi) is 4.26. The van der Waals surface area contributed by atoms with Gasteiger partial charge >= 0.3 is 0 Å². The van der Waals surface area contributed by atoms with Crippen LogP contribution >= 0.6 is 11.6 Å². The van der Waals surface area contributed by atoms with Gasteiger partial charge in [-0.25, -0.2) is 14.4 Å². The van der Waals surface area contributed by atoms with Crippen molar-refractivity contribution in [2.45, 2.75) is 6.42 Å². The molecular formula is C18H17ClFN5O. The second kappa shape index (κ2) is 6.59. The van der Waals surface area contributed by atoms with Crippen LogP contribution in [0.15, 0.2) is 54.0 Å². The fraction of sp³-hybridized carbons (Fsp3) is 0.222. The van der Waals surface area contributed by atoms with Crippen LogP contribution in [0.2, 0.25) is 5.02 Å². The van der Waals surface area contributed by atoms with Gasteiger partial charge in [0.1, 0.15) is 11.6 Å². The molecule has 3 heterocycles. The van der Waals surface area contributed by atoms with Crippen LogP contribution in [0.4, 0.5) is 10.2 Å². The second-order valence-electron chi connectivity index (χ2n) is 6.16. The number of pyridine rings is 1. The van der Waals surface area contributed by atoms with Crippen molar-refractivity contribution in [2.75, 3.05) is 25.1 Å². The molecule has 4 rings (SSSR count). The number of nitrogens with one attached hydrogen (secondary N) is 1. The topological polar surface area (TPSA) is 51.7 Å². The van der Waals surface area contributed by atoms with E-state index in [0.29, 0.717) is 19.5 Å². The van der Waals surface area contributed by atoms with Crippen LogP contribution < -0.4 is 10.4 Å². The normalized spacial score (nSPS) is 17.3. The molecule has 26 heavy (non-hydrogen) atoms. The quantitative estimate of drug-likeness (QED) is 0.877. The van der Waals surface area contributed by atoms with Crippen LogP contribution in [0.1, 0.15) is 16.8 Å². The van der Waals surface area contributed by atoms with E-state index in [0.717, 1.165) is 23.3 Å². The third-order valence-corrected chi connectivity index (χ3v) is 4.72. The Labute approximate surface area is 155 Å². The molecule has 1 aromatic heterocycles. The Morgan fingerprint density at radius 2 is 2.15 bits per heavy atom. The van der Waals surface area contributed by atoms with Gasteiger partial charge in [-0.3, -0.25) is 4.79 Å². The van der Waals surface area contributed by atoms with Crippen LogP contribution in [0.3, 0.4) is 0 Å². The zero-order valence-electron chi connectivity index (χ0n) is 14.1. The number of carbonyl (C=O) groups excluding carboxylic acids is 1. The molecule has 0 saturated carbocycles. The van der Waals surface area contributed by atoms with E-state index in [1.54, 1.807) is 11.1 Å². The Bertz CT molecular complexity index is 888. The van der Waals surface area contributed by atoms with Crippen molar-refractivity contribution in [1.29, 1.82) is 0 Å². The molecule has 6 nitrogen and oxygen atoms in total. The average molecular weight is 374 g/mol. The van der Waals surface area contributed by atoms with E-state index in [2.05, 4.69) is 10.4 Å². The number of amides is 1. The lowest BCUT2D eigenvalue weighted by Gasteiger charge is -2.30. The highest BCUT2D eigenvalue weighted by Gasteiger charge is 2.35. The minimum absolute atomic E-state index is 0.0337. The minimum Gasteiger partial charge on any atom is -0.332 e. The first-order valence-corrected chi connectivity index (χ1v) is 8.60. The van der Waals surface area contributed by atoms with Crippen molar-refractivity contribution in [1.82, 2.24) is 20.4 Å². The second-order valence-corrected chi connectivity index (χ2v) is 6.60. The molecule has 2 aromatic rings. The van der Waals surface area contributed by atoms with Crippen molar-refractivity contribution < 1.29 is 9.18 Å². The van der Waals surface area contributed by atoms with Gasteiger partial charge in [-0.2, -0.15) is 0 Å². The van der Waals surface area contributed by atoms with Gasteiger partial charge in [0.15, 0.2) is 0 Å². The molecule has 2 aliphatic heterocycles. The molecule has 8 heteroatoms. The zero-order chi connectivity index (χ0) is 18.3. The highest BCUT2D eigenvalue weighted by atomic mass is 35.5. The lowest BCUT2D eigenvalue weighted by molar-refractivity contribution is 0.0756. The molecule has 0 spiro atoms. The molecule has 0 radical (unpaired) electrons. The lowest BCUT2D eigenvalue weighted by atomic mass is 10.1. The van der Waals surface area contributed by atoms with Gasteiger partial charge in [0.25, 0.3) is 5.91 Å². The first-order chi connectivity index (χ1) is 12.5. The number of carbonyl (C=O) groups is 1. The minimum atomic E-state index is -0.603. The number of hydrogen-bond donors (Lipinski definition) is 1. The standard InChI is InChI=1S/C18H17ClFN5O/c1-23-22-15-11-24(18(26)13-6-5-12(19)10-14(13)20)9-7-16(15)25(23)17-4-2-3-8-21-17/h2-6,8,10,22H,7,9,11H2,1H3. The number of hydrazine groups is 2. The molecule has 0 fully saturated rings. The highest BCUT2D eigenvalue weighted by molar-refractivity contribution is 6.30. The number of benzene rings is 1. The van der Waals surface area contributed by atoms with Gasteiger partial charge in [0, 0.05) is 31.2 Å². The van der Waals surface area contributed by atoms with Gasteiger partial charge in [0.05, 0.1) is 23.5 Å². The molecular weight excluding hydrogens is 357 g/mol. The van der Waals surface area contributed by atoms with E-state index in [4.69, 9.17) is 11.6 Å². The summed E-state index contributed by atoms with van der Waals surface area (Å²) in [4.78, 5) is 18.7. The summed E-state index contributed by atoms with van der Waals surface area (Å²) in [5.41, 5.74) is 5.26. The van der Waals surface area contributed by atoms with Crippen molar-refractivity contribution in [3.05, 3.63) is 70.4 Å². The van der Waals surface area contributed by atoms with E-state index in [1.807, 2.05) is 35.4 Å². The lowest BCUT2D eigenvalue weighted by Crippen LogP contribution is -2.40. The fourth-order valence-corrected chi connectivity index (χ4v) is 3.45. The monoisotopic (exact) mass is 373 g/mol. The number of halogens is 2. The van der Waals surface area contributed by atoms with Gasteiger partial charge < -0.3 is 10.3 Å². The molecule has 0 unspecified atom stereocenters. The number of aromatic nitrogens is 1. The molecule has 1 aromatic carbocycles. The van der Waals surface area contributed by atoms with Crippen molar-refractivity contribution in [2.24, 2.45) is 0 Å². The predicted octanol–water partition coefficient (Wildman–Crippen LogP) is 2.80.